The van der Waals surface area contributed by atoms with Crippen LogP contribution < -0.4 is 0 Å². The summed E-state index contributed by atoms with van der Waals surface area (Å²) in [6.07, 6.45) is -4.40. The first-order valence-corrected chi connectivity index (χ1v) is 6.95. The summed E-state index contributed by atoms with van der Waals surface area (Å²) in [7, 11) is 0. The molecular weight excluding hydrogens is 329 g/mol. The molecule has 3 aromatic rings. The van der Waals surface area contributed by atoms with Gasteiger partial charge in [0.2, 0.25) is 0 Å². The van der Waals surface area contributed by atoms with Crippen LogP contribution in [0, 0.1) is 0 Å². The van der Waals surface area contributed by atoms with Gasteiger partial charge in [-0.25, -0.2) is 0 Å². The second-order valence-corrected chi connectivity index (χ2v) is 5.31. The second kappa shape index (κ2) is 5.62. The van der Waals surface area contributed by atoms with E-state index in [1.807, 2.05) is 0 Å². The molecule has 0 unspecified atom stereocenters. The lowest BCUT2D eigenvalue weighted by molar-refractivity contribution is -0.137. The van der Waals surface area contributed by atoms with E-state index in [2.05, 4.69) is 10.2 Å². The van der Waals surface area contributed by atoms with Crippen molar-refractivity contribution in [1.82, 2.24) is 10.2 Å². The van der Waals surface area contributed by atoms with Gasteiger partial charge in [-0.05, 0) is 24.3 Å². The Morgan fingerprint density at radius 2 is 1.48 bits per heavy atom. The first kappa shape index (κ1) is 15.4. The number of alkyl halides is 3. The first-order valence-electron chi connectivity index (χ1n) is 6.57. The fraction of sp³-hybridized carbons (Fsp3) is 0.0625. The van der Waals surface area contributed by atoms with E-state index in [1.165, 1.54) is 12.1 Å². The van der Waals surface area contributed by atoms with Gasteiger partial charge >= 0.3 is 6.18 Å². The second-order valence-electron chi connectivity index (χ2n) is 4.88. The molecule has 0 saturated carbocycles. The molecule has 0 aliphatic carbocycles. The van der Waals surface area contributed by atoms with Crippen LogP contribution in [-0.4, -0.2) is 15.3 Å². The van der Waals surface area contributed by atoms with Crippen LogP contribution in [0.15, 0.2) is 48.5 Å². The van der Waals surface area contributed by atoms with Crippen molar-refractivity contribution >= 4 is 11.6 Å². The lowest BCUT2D eigenvalue weighted by Gasteiger charge is -2.07. The van der Waals surface area contributed by atoms with Gasteiger partial charge in [-0.15, -0.1) is 0 Å². The molecule has 3 nitrogen and oxygen atoms in total. The minimum Gasteiger partial charge on any atom is -0.504 e. The van der Waals surface area contributed by atoms with E-state index in [1.54, 1.807) is 24.3 Å². The maximum atomic E-state index is 12.6. The van der Waals surface area contributed by atoms with Crippen molar-refractivity contribution in [2.45, 2.75) is 6.18 Å². The third-order valence-corrected chi connectivity index (χ3v) is 3.61. The normalized spacial score (nSPS) is 11.7. The largest absolute Gasteiger partial charge is 0.504 e. The van der Waals surface area contributed by atoms with Gasteiger partial charge in [-0.2, -0.15) is 18.3 Å². The lowest BCUT2D eigenvalue weighted by atomic mass is 10.1. The zero-order chi connectivity index (χ0) is 16.6. The Balaban J connectivity index is 1.97. The number of hydrogen-bond donors (Lipinski definition) is 2. The summed E-state index contributed by atoms with van der Waals surface area (Å²) >= 11 is 5.81. The Morgan fingerprint density at radius 1 is 0.913 bits per heavy atom. The first-order chi connectivity index (χ1) is 10.9. The number of nitrogens with zero attached hydrogens (tertiary/aromatic N) is 1. The van der Waals surface area contributed by atoms with Crippen molar-refractivity contribution in [1.29, 1.82) is 0 Å². The summed E-state index contributed by atoms with van der Waals surface area (Å²) in [4.78, 5) is 0. The molecule has 0 saturated heterocycles. The minimum atomic E-state index is -4.40. The maximum Gasteiger partial charge on any atom is 0.416 e. The maximum absolute atomic E-state index is 12.6. The van der Waals surface area contributed by atoms with Crippen LogP contribution >= 0.6 is 11.6 Å². The van der Waals surface area contributed by atoms with E-state index in [9.17, 15) is 18.3 Å². The molecule has 0 aliphatic rings. The Labute approximate surface area is 134 Å². The topological polar surface area (TPSA) is 48.9 Å². The average Bonchev–Trinajstić information content (AvgIpc) is 2.89. The van der Waals surface area contributed by atoms with Crippen molar-refractivity contribution in [2.24, 2.45) is 0 Å². The number of aromatic amines is 1. The van der Waals surface area contributed by atoms with Gasteiger partial charge in [-0.1, -0.05) is 35.9 Å². The molecule has 7 heteroatoms. The molecule has 0 atom stereocenters. The van der Waals surface area contributed by atoms with Crippen LogP contribution in [0.25, 0.3) is 22.5 Å². The molecule has 0 spiro atoms. The van der Waals surface area contributed by atoms with Crippen LogP contribution in [0.5, 0.6) is 5.75 Å². The Morgan fingerprint density at radius 3 is 2.04 bits per heavy atom. The number of H-pyrrole nitrogens is 1. The van der Waals surface area contributed by atoms with Gasteiger partial charge in [0.15, 0.2) is 5.75 Å². The zero-order valence-corrected chi connectivity index (χ0v) is 12.3. The number of hydrogen-bond acceptors (Lipinski definition) is 2. The van der Waals surface area contributed by atoms with Gasteiger partial charge in [0.05, 0.1) is 5.56 Å². The molecule has 2 N–H and O–H groups in total. The molecule has 1 heterocycles. The predicted molar refractivity (Wildman–Crippen MR) is 81.1 cm³/mol. The summed E-state index contributed by atoms with van der Waals surface area (Å²) in [6, 6.07) is 11.2. The van der Waals surface area contributed by atoms with Crippen molar-refractivity contribution in [3.63, 3.8) is 0 Å². The zero-order valence-electron chi connectivity index (χ0n) is 11.5. The van der Waals surface area contributed by atoms with Crippen LogP contribution in [-0.2, 0) is 6.18 Å². The van der Waals surface area contributed by atoms with E-state index in [0.29, 0.717) is 21.8 Å². The summed E-state index contributed by atoms with van der Waals surface area (Å²) < 4.78 is 37.7. The smallest absolute Gasteiger partial charge is 0.416 e. The van der Waals surface area contributed by atoms with Gasteiger partial charge in [-0.3, -0.25) is 5.10 Å². The van der Waals surface area contributed by atoms with Gasteiger partial charge in [0.1, 0.15) is 11.4 Å². The monoisotopic (exact) mass is 338 g/mol. The highest BCUT2D eigenvalue weighted by Crippen LogP contribution is 2.37. The average molecular weight is 339 g/mol. The van der Waals surface area contributed by atoms with Gasteiger partial charge < -0.3 is 5.11 Å². The van der Waals surface area contributed by atoms with E-state index < -0.39 is 11.7 Å². The molecule has 0 fully saturated rings. The van der Waals surface area contributed by atoms with Gasteiger partial charge in [0, 0.05) is 16.1 Å². The summed E-state index contributed by atoms with van der Waals surface area (Å²) in [5.74, 6) is -0.132. The highest BCUT2D eigenvalue weighted by molar-refractivity contribution is 6.30. The molecule has 3 rings (SSSR count). The van der Waals surface area contributed by atoms with Crippen LogP contribution in [0.2, 0.25) is 5.02 Å². The molecule has 0 radical (unpaired) electrons. The fourth-order valence-electron chi connectivity index (χ4n) is 2.17. The molecule has 0 bridgehead atoms. The van der Waals surface area contributed by atoms with Gasteiger partial charge in [0.25, 0.3) is 0 Å². The predicted octanol–water partition coefficient (Wildman–Crippen LogP) is 5.12. The standard InChI is InChI=1S/C16H10ClF3N2O/c17-12-7-3-10(4-8-12)14-15(23)13(21-22-14)9-1-5-11(6-2-9)16(18,19)20/h1-8,23H,(H,21,22). The minimum absolute atomic E-state index is 0.132. The lowest BCUT2D eigenvalue weighted by Crippen LogP contribution is -2.03. The molecule has 2 aromatic carbocycles. The van der Waals surface area contributed by atoms with Crippen molar-refractivity contribution < 1.29 is 18.3 Å². The molecule has 0 amide bonds. The highest BCUT2D eigenvalue weighted by Gasteiger charge is 2.30. The summed E-state index contributed by atoms with van der Waals surface area (Å²) in [5.41, 5.74) is 0.850. The number of nitrogens with one attached hydrogen (secondary N) is 1. The Hall–Kier alpha value is -2.47. The number of aromatic hydroxyl groups is 1. The third-order valence-electron chi connectivity index (χ3n) is 3.36. The van der Waals surface area contributed by atoms with E-state index in [4.69, 9.17) is 11.6 Å². The quantitative estimate of drug-likeness (QED) is 0.681. The van der Waals surface area contributed by atoms with Crippen molar-refractivity contribution in [2.75, 3.05) is 0 Å². The van der Waals surface area contributed by atoms with E-state index in [0.717, 1.165) is 12.1 Å². The highest BCUT2D eigenvalue weighted by atomic mass is 35.5. The molecule has 1 aromatic heterocycles. The summed E-state index contributed by atoms with van der Waals surface area (Å²) in [5, 5.41) is 17.5. The number of benzene rings is 2. The molecule has 118 valence electrons. The molecule has 23 heavy (non-hydrogen) atoms. The Kier molecular flexibility index (Phi) is 3.77. The molecule has 0 aliphatic heterocycles. The van der Waals surface area contributed by atoms with E-state index in [-0.39, 0.29) is 11.4 Å². The van der Waals surface area contributed by atoms with Crippen LogP contribution in [0.1, 0.15) is 5.56 Å². The van der Waals surface area contributed by atoms with Crippen molar-refractivity contribution in [3.05, 3.63) is 59.1 Å². The van der Waals surface area contributed by atoms with E-state index >= 15 is 0 Å². The molecular formula is C16H10ClF3N2O. The SMILES string of the molecule is Oc1c(-c2ccc(Cl)cc2)n[nH]c1-c1ccc(C(F)(F)F)cc1. The number of rotatable bonds is 2. The fourth-order valence-corrected chi connectivity index (χ4v) is 2.30. The number of halogens is 4. The van der Waals surface area contributed by atoms with Crippen LogP contribution in [0.4, 0.5) is 13.2 Å². The van der Waals surface area contributed by atoms with Crippen LogP contribution in [0.3, 0.4) is 0 Å². The van der Waals surface area contributed by atoms with Crippen molar-refractivity contribution in [3.8, 4) is 28.3 Å². The number of aromatic nitrogens is 2. The third kappa shape index (κ3) is 3.03. The summed E-state index contributed by atoms with van der Waals surface area (Å²) in [6.45, 7) is 0. The Bertz CT molecular complexity index is 824.